The summed E-state index contributed by atoms with van der Waals surface area (Å²) < 4.78 is 35.0. The quantitative estimate of drug-likeness (QED) is 0.621. The van der Waals surface area contributed by atoms with Crippen molar-refractivity contribution >= 4 is 0 Å². The fraction of sp³-hybridized carbons (Fsp3) is 0.333. The highest BCUT2D eigenvalue weighted by Gasteiger charge is 2.28. The van der Waals surface area contributed by atoms with Crippen molar-refractivity contribution in [1.29, 1.82) is 0 Å². The molecule has 11 heavy (non-hydrogen) atoms. The maximum atomic E-state index is 11.7. The zero-order chi connectivity index (χ0) is 8.32. The van der Waals surface area contributed by atoms with Crippen molar-refractivity contribution in [1.82, 2.24) is 9.97 Å². The summed E-state index contributed by atoms with van der Waals surface area (Å²) in [6.45, 7) is 0. The van der Waals surface area contributed by atoms with Crippen LogP contribution in [0.3, 0.4) is 0 Å². The molecule has 1 aromatic heterocycles. The van der Waals surface area contributed by atoms with Crippen molar-refractivity contribution in [3.63, 3.8) is 0 Å². The number of alkyl halides is 3. The highest BCUT2D eigenvalue weighted by atomic mass is 19.4. The van der Waals surface area contributed by atoms with Crippen LogP contribution in [-0.2, 0) is 6.42 Å². The smallest absolute Gasteiger partial charge is 0.257 e. The molecule has 1 radical (unpaired) electrons. The van der Waals surface area contributed by atoms with E-state index in [9.17, 15) is 13.2 Å². The maximum Gasteiger partial charge on any atom is 0.394 e. The molecule has 0 aromatic carbocycles. The summed E-state index contributed by atoms with van der Waals surface area (Å²) in [7, 11) is 0. The van der Waals surface area contributed by atoms with E-state index in [1.54, 1.807) is 0 Å². The van der Waals surface area contributed by atoms with Crippen LogP contribution in [0.15, 0.2) is 12.4 Å². The Bertz CT molecular complexity index is 219. The van der Waals surface area contributed by atoms with Gasteiger partial charge in [0.25, 0.3) is 0 Å². The molecule has 5 heteroatoms. The maximum absolute atomic E-state index is 11.7. The molecule has 0 bridgehead atoms. The third kappa shape index (κ3) is 2.97. The minimum atomic E-state index is -4.21. The molecule has 0 fully saturated rings. The number of rotatable bonds is 1. The molecule has 0 N–H and O–H groups in total. The monoisotopic (exact) mass is 161 g/mol. The molecule has 0 aliphatic heterocycles. The second kappa shape index (κ2) is 2.86. The van der Waals surface area contributed by atoms with Crippen molar-refractivity contribution in [3.05, 3.63) is 24.3 Å². The average molecular weight is 161 g/mol. The van der Waals surface area contributed by atoms with Crippen LogP contribution in [0.5, 0.6) is 0 Å². The topological polar surface area (TPSA) is 25.8 Å². The summed E-state index contributed by atoms with van der Waals surface area (Å²) in [6.07, 6.45) is -0.794. The summed E-state index contributed by atoms with van der Waals surface area (Å²) in [5, 5.41) is 0. The van der Waals surface area contributed by atoms with Crippen LogP contribution in [-0.4, -0.2) is 16.1 Å². The third-order valence-corrected chi connectivity index (χ3v) is 0.958. The van der Waals surface area contributed by atoms with E-state index in [2.05, 4.69) is 16.2 Å². The first-order valence-electron chi connectivity index (χ1n) is 2.82. The number of halogens is 3. The zero-order valence-corrected chi connectivity index (χ0v) is 5.39. The molecule has 59 valence electrons. The number of hydrogen-bond acceptors (Lipinski definition) is 2. The Morgan fingerprint density at radius 1 is 1.45 bits per heavy atom. The summed E-state index contributed by atoms with van der Waals surface area (Å²) in [5.74, 6) is 0. The normalized spacial score (nSPS) is 11.5. The van der Waals surface area contributed by atoms with Gasteiger partial charge in [0, 0.05) is 6.20 Å². The molecule has 0 saturated heterocycles. The molecule has 0 unspecified atom stereocenters. The van der Waals surface area contributed by atoms with E-state index in [4.69, 9.17) is 0 Å². The Hall–Kier alpha value is -1.13. The Morgan fingerprint density at radius 2 is 2.18 bits per heavy atom. The van der Waals surface area contributed by atoms with E-state index in [0.717, 1.165) is 12.4 Å². The van der Waals surface area contributed by atoms with E-state index in [-0.39, 0.29) is 5.69 Å². The van der Waals surface area contributed by atoms with Gasteiger partial charge in [0.2, 0.25) is 0 Å². The van der Waals surface area contributed by atoms with Crippen LogP contribution in [0.25, 0.3) is 0 Å². The van der Waals surface area contributed by atoms with Gasteiger partial charge < -0.3 is 0 Å². The van der Waals surface area contributed by atoms with E-state index < -0.39 is 12.6 Å². The van der Waals surface area contributed by atoms with Crippen LogP contribution in [0.2, 0.25) is 0 Å². The first kappa shape index (κ1) is 7.97. The molecule has 0 aliphatic carbocycles. The molecule has 0 saturated carbocycles. The van der Waals surface area contributed by atoms with Gasteiger partial charge in [-0.2, -0.15) is 13.2 Å². The van der Waals surface area contributed by atoms with E-state index in [0.29, 0.717) is 0 Å². The molecule has 0 aliphatic rings. The number of nitrogens with zero attached hydrogens (tertiary/aromatic N) is 2. The van der Waals surface area contributed by atoms with Crippen LogP contribution in [0.1, 0.15) is 5.69 Å². The predicted octanol–water partition coefficient (Wildman–Crippen LogP) is 1.38. The van der Waals surface area contributed by atoms with Crippen molar-refractivity contribution < 1.29 is 13.2 Å². The van der Waals surface area contributed by atoms with Crippen molar-refractivity contribution in [2.24, 2.45) is 0 Å². The second-order valence-corrected chi connectivity index (χ2v) is 1.93. The predicted molar refractivity (Wildman–Crippen MR) is 30.6 cm³/mol. The Balaban J connectivity index is 2.66. The second-order valence-electron chi connectivity index (χ2n) is 1.93. The van der Waals surface area contributed by atoms with Gasteiger partial charge in [0.1, 0.15) is 6.20 Å². The minimum absolute atomic E-state index is 0.0868. The van der Waals surface area contributed by atoms with E-state index >= 15 is 0 Å². The highest BCUT2D eigenvalue weighted by molar-refractivity contribution is 4.95. The lowest BCUT2D eigenvalue weighted by atomic mass is 10.3. The number of hydrogen-bond donors (Lipinski definition) is 0. The molecule has 0 amide bonds. The third-order valence-electron chi connectivity index (χ3n) is 0.958. The molecular weight excluding hydrogens is 157 g/mol. The van der Waals surface area contributed by atoms with Crippen LogP contribution < -0.4 is 0 Å². The van der Waals surface area contributed by atoms with Gasteiger partial charge >= 0.3 is 6.18 Å². The van der Waals surface area contributed by atoms with Crippen LogP contribution in [0, 0.1) is 6.20 Å². The van der Waals surface area contributed by atoms with Crippen LogP contribution >= 0.6 is 0 Å². The van der Waals surface area contributed by atoms with Crippen molar-refractivity contribution in [2.75, 3.05) is 0 Å². The molecule has 1 heterocycles. The van der Waals surface area contributed by atoms with E-state index in [1.807, 2.05) is 0 Å². The summed E-state index contributed by atoms with van der Waals surface area (Å²) in [4.78, 5) is 6.81. The SMILES string of the molecule is FC(F)(F)Cc1cn[c]cn1. The highest BCUT2D eigenvalue weighted by Crippen LogP contribution is 2.18. The van der Waals surface area contributed by atoms with Gasteiger partial charge in [0.15, 0.2) is 0 Å². The summed E-state index contributed by atoms with van der Waals surface area (Å²) in [6, 6.07) is 0. The lowest BCUT2D eigenvalue weighted by molar-refractivity contribution is -0.127. The first-order valence-corrected chi connectivity index (χ1v) is 2.82. The van der Waals surface area contributed by atoms with Crippen molar-refractivity contribution in [2.45, 2.75) is 12.6 Å². The van der Waals surface area contributed by atoms with Gasteiger partial charge in [-0.25, -0.2) is 0 Å². The summed E-state index contributed by atoms with van der Waals surface area (Å²) in [5.41, 5.74) is -0.0868. The largest absolute Gasteiger partial charge is 0.394 e. The Kier molecular flexibility index (Phi) is 2.07. The van der Waals surface area contributed by atoms with Crippen molar-refractivity contribution in [3.8, 4) is 0 Å². The number of aromatic nitrogens is 2. The summed E-state index contributed by atoms with van der Waals surface area (Å²) >= 11 is 0. The van der Waals surface area contributed by atoms with E-state index in [1.165, 1.54) is 0 Å². The van der Waals surface area contributed by atoms with Gasteiger partial charge in [-0.05, 0) is 0 Å². The standard InChI is InChI=1S/C6H4F3N2/c7-6(8,9)3-5-4-10-1-2-11-5/h2,4H,3H2. The van der Waals surface area contributed by atoms with Crippen LogP contribution in [0.4, 0.5) is 13.2 Å². The average Bonchev–Trinajstić information content (AvgIpc) is 1.85. The fourth-order valence-corrected chi connectivity index (χ4v) is 0.587. The van der Waals surface area contributed by atoms with Gasteiger partial charge in [0.05, 0.1) is 18.3 Å². The van der Waals surface area contributed by atoms with Gasteiger partial charge in [-0.15, -0.1) is 0 Å². The molecular formula is C6H4F3N2. The van der Waals surface area contributed by atoms with Gasteiger partial charge in [-0.3, -0.25) is 9.97 Å². The molecule has 1 rings (SSSR count). The zero-order valence-electron chi connectivity index (χ0n) is 5.39. The Labute approximate surface area is 61.1 Å². The lowest BCUT2D eigenvalue weighted by Crippen LogP contribution is -2.12. The molecule has 0 atom stereocenters. The minimum Gasteiger partial charge on any atom is -0.257 e. The molecule has 2 nitrogen and oxygen atoms in total. The lowest BCUT2D eigenvalue weighted by Gasteiger charge is -2.03. The Morgan fingerprint density at radius 3 is 2.64 bits per heavy atom. The molecule has 0 spiro atoms. The molecule has 1 aromatic rings. The fourth-order valence-electron chi connectivity index (χ4n) is 0.587. The first-order chi connectivity index (χ1) is 5.08. The van der Waals surface area contributed by atoms with Gasteiger partial charge in [-0.1, -0.05) is 0 Å².